The van der Waals surface area contributed by atoms with Crippen LogP contribution in [0.5, 0.6) is 0 Å². The van der Waals surface area contributed by atoms with E-state index in [2.05, 4.69) is 10.1 Å². The Bertz CT molecular complexity index is 858. The lowest BCUT2D eigenvalue weighted by Crippen LogP contribution is -2.18. The third-order valence-electron chi connectivity index (χ3n) is 3.00. The lowest BCUT2D eigenvalue weighted by Gasteiger charge is -2.14. The van der Waals surface area contributed by atoms with E-state index in [1.54, 1.807) is 13.0 Å². The van der Waals surface area contributed by atoms with Crippen molar-refractivity contribution < 1.29 is 4.39 Å². The van der Waals surface area contributed by atoms with Crippen LogP contribution < -0.4 is 10.5 Å². The summed E-state index contributed by atoms with van der Waals surface area (Å²) in [4.78, 5) is 18.6. The molecule has 2 heterocycles. The second-order valence-electron chi connectivity index (χ2n) is 4.80. The maximum Gasteiger partial charge on any atom is 0.275 e. The molecule has 0 unspecified atom stereocenters. The van der Waals surface area contributed by atoms with Gasteiger partial charge in [-0.2, -0.15) is 4.52 Å². The van der Waals surface area contributed by atoms with Gasteiger partial charge < -0.3 is 4.90 Å². The summed E-state index contributed by atoms with van der Waals surface area (Å²) in [7, 11) is 1.85. The van der Waals surface area contributed by atoms with E-state index < -0.39 is 0 Å². The van der Waals surface area contributed by atoms with Gasteiger partial charge in [-0.15, -0.1) is 5.10 Å². The van der Waals surface area contributed by atoms with Crippen molar-refractivity contribution in [3.05, 3.63) is 57.8 Å². The molecule has 0 radical (unpaired) electrons. The van der Waals surface area contributed by atoms with Crippen molar-refractivity contribution in [3.8, 4) is 0 Å². The van der Waals surface area contributed by atoms with Crippen LogP contribution in [0.1, 0.15) is 11.3 Å². The van der Waals surface area contributed by atoms with E-state index in [0.717, 1.165) is 5.56 Å². The number of hydrogen-bond acceptors (Lipinski definition) is 5. The van der Waals surface area contributed by atoms with E-state index in [9.17, 15) is 9.18 Å². The summed E-state index contributed by atoms with van der Waals surface area (Å²) in [6, 6.07) is 7.86. The van der Waals surface area contributed by atoms with Gasteiger partial charge in [-0.3, -0.25) is 4.79 Å². The fourth-order valence-electron chi connectivity index (χ4n) is 2.04. The van der Waals surface area contributed by atoms with Crippen molar-refractivity contribution in [1.82, 2.24) is 14.6 Å². The summed E-state index contributed by atoms with van der Waals surface area (Å²) in [5.74, 6) is -0.265. The first-order valence-corrected chi connectivity index (χ1v) is 7.18. The number of nitrogens with zero attached hydrogens (tertiary/aromatic N) is 4. The lowest BCUT2D eigenvalue weighted by atomic mass is 10.2. The van der Waals surface area contributed by atoms with Gasteiger partial charge in [-0.1, -0.05) is 23.5 Å². The minimum absolute atomic E-state index is 0.195. The van der Waals surface area contributed by atoms with Crippen LogP contribution in [0.25, 0.3) is 4.96 Å². The van der Waals surface area contributed by atoms with Gasteiger partial charge in [0.2, 0.25) is 10.1 Å². The average molecular weight is 304 g/mol. The quantitative estimate of drug-likeness (QED) is 0.744. The van der Waals surface area contributed by atoms with Crippen molar-refractivity contribution in [2.75, 3.05) is 11.9 Å². The summed E-state index contributed by atoms with van der Waals surface area (Å²) in [5.41, 5.74) is 1.32. The Hall–Kier alpha value is -2.28. The standard InChI is InChI=1S/C14H13FN4OS/c1-9-6-12(20)19-13(16-9)21-14(17-19)18(2)8-10-4-3-5-11(15)7-10/h3-7H,8H2,1-2H3. The second kappa shape index (κ2) is 5.25. The summed E-state index contributed by atoms with van der Waals surface area (Å²) in [6.45, 7) is 2.28. The molecule has 0 saturated carbocycles. The number of fused-ring (bicyclic) bond motifs is 1. The predicted octanol–water partition coefficient (Wildman–Crippen LogP) is 2.23. The van der Waals surface area contributed by atoms with Crippen LogP contribution in [0.3, 0.4) is 0 Å². The highest BCUT2D eigenvalue weighted by atomic mass is 32.1. The SMILES string of the molecule is Cc1cc(=O)n2nc(N(C)Cc3cccc(F)c3)sc2n1. The summed E-state index contributed by atoms with van der Waals surface area (Å²) >= 11 is 1.33. The number of anilines is 1. The largest absolute Gasteiger partial charge is 0.345 e. The molecule has 0 spiro atoms. The molecule has 5 nitrogen and oxygen atoms in total. The number of hydrogen-bond donors (Lipinski definition) is 0. The predicted molar refractivity (Wildman–Crippen MR) is 80.4 cm³/mol. The van der Waals surface area contributed by atoms with Crippen LogP contribution in [-0.2, 0) is 6.54 Å². The van der Waals surface area contributed by atoms with Gasteiger partial charge in [0, 0.05) is 25.4 Å². The van der Waals surface area contributed by atoms with E-state index in [-0.39, 0.29) is 11.4 Å². The van der Waals surface area contributed by atoms with Gasteiger partial charge in [-0.25, -0.2) is 9.37 Å². The first kappa shape index (κ1) is 13.7. The molecule has 2 aromatic heterocycles. The smallest absolute Gasteiger partial charge is 0.275 e. The highest BCUT2D eigenvalue weighted by Gasteiger charge is 2.11. The first-order chi connectivity index (χ1) is 10.0. The highest BCUT2D eigenvalue weighted by Crippen LogP contribution is 2.21. The van der Waals surface area contributed by atoms with Gasteiger partial charge in [-0.05, 0) is 24.6 Å². The minimum Gasteiger partial charge on any atom is -0.345 e. The van der Waals surface area contributed by atoms with Crippen LogP contribution in [0.2, 0.25) is 0 Å². The zero-order valence-electron chi connectivity index (χ0n) is 11.6. The van der Waals surface area contributed by atoms with E-state index in [4.69, 9.17) is 0 Å². The van der Waals surface area contributed by atoms with Gasteiger partial charge in [0.05, 0.1) is 0 Å². The van der Waals surface area contributed by atoms with Crippen molar-refractivity contribution in [1.29, 1.82) is 0 Å². The van der Waals surface area contributed by atoms with Gasteiger partial charge in [0.25, 0.3) is 5.56 Å². The molecule has 0 bridgehead atoms. The third kappa shape index (κ3) is 2.78. The number of aromatic nitrogens is 3. The van der Waals surface area contributed by atoms with E-state index in [0.29, 0.717) is 22.3 Å². The normalized spacial score (nSPS) is 11.0. The number of aryl methyl sites for hydroxylation is 1. The second-order valence-corrected chi connectivity index (χ2v) is 5.74. The fourth-order valence-corrected chi connectivity index (χ4v) is 2.95. The lowest BCUT2D eigenvalue weighted by molar-refractivity contribution is 0.625. The van der Waals surface area contributed by atoms with Crippen LogP contribution in [0.15, 0.2) is 35.1 Å². The Labute approximate surface area is 124 Å². The zero-order valence-corrected chi connectivity index (χ0v) is 12.4. The molecule has 0 amide bonds. The molecule has 0 fully saturated rings. The molecule has 3 aromatic rings. The molecule has 1 aromatic carbocycles. The van der Waals surface area contributed by atoms with Crippen LogP contribution in [0, 0.1) is 12.7 Å². The minimum atomic E-state index is -0.265. The van der Waals surface area contributed by atoms with Crippen molar-refractivity contribution in [2.24, 2.45) is 0 Å². The van der Waals surface area contributed by atoms with E-state index in [1.165, 1.54) is 34.1 Å². The topological polar surface area (TPSA) is 50.5 Å². The Balaban J connectivity index is 1.93. The molecule has 108 valence electrons. The van der Waals surface area contributed by atoms with Crippen molar-refractivity contribution in [2.45, 2.75) is 13.5 Å². The number of rotatable bonds is 3. The number of benzene rings is 1. The third-order valence-corrected chi connectivity index (χ3v) is 4.02. The molecule has 0 aliphatic carbocycles. The number of halogens is 1. The molecule has 7 heteroatoms. The Morgan fingerprint density at radius 3 is 2.95 bits per heavy atom. The molecular formula is C14H13FN4OS. The van der Waals surface area contributed by atoms with E-state index >= 15 is 0 Å². The van der Waals surface area contributed by atoms with Gasteiger partial charge >= 0.3 is 0 Å². The van der Waals surface area contributed by atoms with Crippen LogP contribution in [-0.4, -0.2) is 21.6 Å². The van der Waals surface area contributed by atoms with Crippen molar-refractivity contribution >= 4 is 21.4 Å². The molecule has 21 heavy (non-hydrogen) atoms. The Kier molecular flexibility index (Phi) is 3.42. The first-order valence-electron chi connectivity index (χ1n) is 6.36. The van der Waals surface area contributed by atoms with Crippen molar-refractivity contribution in [3.63, 3.8) is 0 Å². The molecule has 3 rings (SSSR count). The van der Waals surface area contributed by atoms with Gasteiger partial charge in [0.15, 0.2) is 0 Å². The van der Waals surface area contributed by atoms with Crippen LogP contribution in [0.4, 0.5) is 9.52 Å². The Morgan fingerprint density at radius 1 is 1.38 bits per heavy atom. The maximum atomic E-state index is 13.2. The van der Waals surface area contributed by atoms with Crippen LogP contribution >= 0.6 is 11.3 Å². The van der Waals surface area contributed by atoms with Gasteiger partial charge in [0.1, 0.15) is 5.82 Å². The molecule has 0 aliphatic heterocycles. The zero-order chi connectivity index (χ0) is 15.0. The monoisotopic (exact) mass is 304 g/mol. The average Bonchev–Trinajstić information content (AvgIpc) is 2.83. The van der Waals surface area contributed by atoms with E-state index in [1.807, 2.05) is 18.0 Å². The molecular weight excluding hydrogens is 291 g/mol. The maximum absolute atomic E-state index is 13.2. The molecule has 0 N–H and O–H groups in total. The summed E-state index contributed by atoms with van der Waals surface area (Å²) in [6.07, 6.45) is 0. The highest BCUT2D eigenvalue weighted by molar-refractivity contribution is 7.20. The molecule has 0 saturated heterocycles. The summed E-state index contributed by atoms with van der Waals surface area (Å²) < 4.78 is 14.5. The Morgan fingerprint density at radius 2 is 2.19 bits per heavy atom. The summed E-state index contributed by atoms with van der Waals surface area (Å²) in [5, 5.41) is 4.93. The molecule has 0 aliphatic rings. The fraction of sp³-hybridized carbons (Fsp3) is 0.214. The molecule has 0 atom stereocenters.